The van der Waals surface area contributed by atoms with E-state index in [0.717, 1.165) is 21.7 Å². The highest BCUT2D eigenvalue weighted by atomic mass is 35.5. The van der Waals surface area contributed by atoms with Gasteiger partial charge in [-0.2, -0.15) is 0 Å². The summed E-state index contributed by atoms with van der Waals surface area (Å²) >= 11 is 7.51. The Morgan fingerprint density at radius 1 is 0.878 bits per heavy atom. The van der Waals surface area contributed by atoms with Gasteiger partial charge in [0.2, 0.25) is 5.91 Å². The molecular weight excluding hydrogens is 561 g/mol. The fraction of sp³-hybridized carbons (Fsp3) is 0.0938. The minimum Gasteiger partial charge on any atom is -0.325 e. The van der Waals surface area contributed by atoms with E-state index in [0.29, 0.717) is 11.3 Å². The molecule has 0 heterocycles. The van der Waals surface area contributed by atoms with Crippen molar-refractivity contribution in [2.45, 2.75) is 18.7 Å². The number of hydrogen-bond donors (Lipinski definition) is 3. The van der Waals surface area contributed by atoms with Gasteiger partial charge in [0, 0.05) is 27.4 Å². The molecule has 0 bridgehead atoms. The van der Waals surface area contributed by atoms with E-state index in [1.165, 1.54) is 36.0 Å². The molecule has 3 amide bonds. The lowest BCUT2D eigenvalue weighted by molar-refractivity contribution is -0.114. The number of anilines is 2. The molecule has 4 rings (SSSR count). The predicted molar refractivity (Wildman–Crippen MR) is 164 cm³/mol. The number of amides is 3. The fourth-order valence-electron chi connectivity index (χ4n) is 3.86. The summed E-state index contributed by atoms with van der Waals surface area (Å²) in [4.78, 5) is 39.3. The maximum Gasteiger partial charge on any atom is 0.272 e. The number of rotatable bonds is 9. The van der Waals surface area contributed by atoms with Gasteiger partial charge in [0.1, 0.15) is 11.5 Å². The van der Waals surface area contributed by atoms with Gasteiger partial charge in [0.15, 0.2) is 0 Å². The van der Waals surface area contributed by atoms with E-state index in [-0.39, 0.29) is 27.9 Å². The van der Waals surface area contributed by atoms with E-state index < -0.39 is 17.6 Å². The second kappa shape index (κ2) is 13.8. The molecule has 0 unspecified atom stereocenters. The maximum absolute atomic E-state index is 14.5. The molecule has 0 atom stereocenters. The van der Waals surface area contributed by atoms with Gasteiger partial charge >= 0.3 is 0 Å². The number of thioether (sulfide) groups is 1. The van der Waals surface area contributed by atoms with E-state index in [9.17, 15) is 18.8 Å². The summed E-state index contributed by atoms with van der Waals surface area (Å²) in [6.07, 6.45) is 1.20. The highest BCUT2D eigenvalue weighted by Gasteiger charge is 2.17. The molecule has 0 aromatic heterocycles. The monoisotopic (exact) mass is 587 g/mol. The van der Waals surface area contributed by atoms with Gasteiger partial charge in [0.25, 0.3) is 11.8 Å². The number of aryl methyl sites for hydroxylation is 2. The zero-order valence-corrected chi connectivity index (χ0v) is 23.9. The van der Waals surface area contributed by atoms with Crippen LogP contribution in [0.4, 0.5) is 15.8 Å². The SMILES string of the molecule is Cc1ccc(NC(=O)CSc2ccc(NC(=O)/C(=C/c3c(F)cccc3Cl)NC(=O)c3ccccc3)cc2)c(C)c1. The maximum atomic E-state index is 14.5. The second-order valence-corrected chi connectivity index (χ2v) is 10.6. The molecule has 0 radical (unpaired) electrons. The van der Waals surface area contributed by atoms with Crippen molar-refractivity contribution in [3.63, 3.8) is 0 Å². The predicted octanol–water partition coefficient (Wildman–Crippen LogP) is 7.24. The van der Waals surface area contributed by atoms with Crippen LogP contribution in [0, 0.1) is 19.7 Å². The molecule has 0 spiro atoms. The van der Waals surface area contributed by atoms with Crippen LogP contribution in [0.1, 0.15) is 27.0 Å². The quantitative estimate of drug-likeness (QED) is 0.142. The van der Waals surface area contributed by atoms with E-state index in [1.807, 2.05) is 32.0 Å². The third-order valence-corrected chi connectivity index (χ3v) is 7.30. The molecule has 9 heteroatoms. The molecule has 0 saturated carbocycles. The molecule has 208 valence electrons. The van der Waals surface area contributed by atoms with Crippen molar-refractivity contribution in [1.29, 1.82) is 0 Å². The Bertz CT molecular complexity index is 1590. The van der Waals surface area contributed by atoms with E-state index in [2.05, 4.69) is 16.0 Å². The van der Waals surface area contributed by atoms with Crippen LogP contribution < -0.4 is 16.0 Å². The normalized spacial score (nSPS) is 11.1. The van der Waals surface area contributed by atoms with Crippen LogP contribution in [0.3, 0.4) is 0 Å². The van der Waals surface area contributed by atoms with Gasteiger partial charge in [-0.3, -0.25) is 14.4 Å². The summed E-state index contributed by atoms with van der Waals surface area (Å²) in [7, 11) is 0. The Balaban J connectivity index is 1.43. The Hall–Kier alpha value is -4.40. The molecular formula is C32H27ClFN3O3S. The van der Waals surface area contributed by atoms with Crippen LogP contribution in [0.2, 0.25) is 5.02 Å². The number of carbonyl (C=O) groups is 3. The Morgan fingerprint density at radius 2 is 1.61 bits per heavy atom. The summed E-state index contributed by atoms with van der Waals surface area (Å²) < 4.78 is 14.5. The summed E-state index contributed by atoms with van der Waals surface area (Å²) in [6, 6.07) is 25.2. The summed E-state index contributed by atoms with van der Waals surface area (Å²) in [5.41, 5.74) is 3.45. The molecule has 41 heavy (non-hydrogen) atoms. The van der Waals surface area contributed by atoms with E-state index >= 15 is 0 Å². The average Bonchev–Trinajstić information content (AvgIpc) is 2.96. The van der Waals surface area contributed by atoms with Crippen LogP contribution in [0.25, 0.3) is 6.08 Å². The van der Waals surface area contributed by atoms with Gasteiger partial charge in [-0.15, -0.1) is 11.8 Å². The second-order valence-electron chi connectivity index (χ2n) is 9.15. The van der Waals surface area contributed by atoms with Crippen LogP contribution in [-0.4, -0.2) is 23.5 Å². The van der Waals surface area contributed by atoms with Crippen molar-refractivity contribution in [2.75, 3.05) is 16.4 Å². The van der Waals surface area contributed by atoms with E-state index in [1.54, 1.807) is 54.6 Å². The third-order valence-electron chi connectivity index (χ3n) is 5.96. The van der Waals surface area contributed by atoms with Crippen molar-refractivity contribution in [3.8, 4) is 0 Å². The lowest BCUT2D eigenvalue weighted by Gasteiger charge is -2.12. The van der Waals surface area contributed by atoms with Crippen LogP contribution in [-0.2, 0) is 9.59 Å². The van der Waals surface area contributed by atoms with Crippen LogP contribution in [0.5, 0.6) is 0 Å². The van der Waals surface area contributed by atoms with Crippen molar-refractivity contribution in [1.82, 2.24) is 5.32 Å². The van der Waals surface area contributed by atoms with Crippen molar-refractivity contribution in [2.24, 2.45) is 0 Å². The third kappa shape index (κ3) is 8.30. The number of hydrogen-bond acceptors (Lipinski definition) is 4. The van der Waals surface area contributed by atoms with Crippen molar-refractivity contribution < 1.29 is 18.8 Å². The first-order valence-corrected chi connectivity index (χ1v) is 14.0. The van der Waals surface area contributed by atoms with Crippen molar-refractivity contribution >= 4 is 58.5 Å². The molecule has 3 N–H and O–H groups in total. The number of benzene rings is 4. The molecule has 0 aliphatic rings. The molecule has 0 fully saturated rings. The molecule has 4 aromatic rings. The highest BCUT2D eigenvalue weighted by molar-refractivity contribution is 8.00. The smallest absolute Gasteiger partial charge is 0.272 e. The molecule has 0 aliphatic heterocycles. The lowest BCUT2D eigenvalue weighted by atomic mass is 10.1. The van der Waals surface area contributed by atoms with Gasteiger partial charge in [-0.25, -0.2) is 4.39 Å². The molecule has 0 saturated heterocycles. The minimum atomic E-state index is -0.665. The summed E-state index contributed by atoms with van der Waals surface area (Å²) in [6.45, 7) is 3.94. The van der Waals surface area contributed by atoms with Gasteiger partial charge in [-0.05, 0) is 80.1 Å². The lowest BCUT2D eigenvalue weighted by Crippen LogP contribution is -2.30. The Morgan fingerprint density at radius 3 is 2.29 bits per heavy atom. The van der Waals surface area contributed by atoms with Gasteiger partial charge in [0.05, 0.1) is 10.8 Å². The minimum absolute atomic E-state index is 0.0291. The first-order valence-electron chi connectivity index (χ1n) is 12.6. The topological polar surface area (TPSA) is 87.3 Å². The van der Waals surface area contributed by atoms with E-state index in [4.69, 9.17) is 11.6 Å². The van der Waals surface area contributed by atoms with Crippen LogP contribution >= 0.6 is 23.4 Å². The van der Waals surface area contributed by atoms with Gasteiger partial charge in [-0.1, -0.05) is 53.6 Å². The summed E-state index contributed by atoms with van der Waals surface area (Å²) in [5.74, 6) is -1.76. The zero-order chi connectivity index (χ0) is 29.4. The van der Waals surface area contributed by atoms with Crippen LogP contribution in [0.15, 0.2) is 102 Å². The number of carbonyl (C=O) groups excluding carboxylic acids is 3. The first kappa shape index (κ1) is 29.6. The summed E-state index contributed by atoms with van der Waals surface area (Å²) in [5, 5.41) is 8.29. The Labute approximate surface area is 247 Å². The molecule has 6 nitrogen and oxygen atoms in total. The average molecular weight is 588 g/mol. The first-order chi connectivity index (χ1) is 19.7. The van der Waals surface area contributed by atoms with Gasteiger partial charge < -0.3 is 16.0 Å². The molecule has 4 aromatic carbocycles. The molecule has 0 aliphatic carbocycles. The number of nitrogens with one attached hydrogen (secondary N) is 3. The highest BCUT2D eigenvalue weighted by Crippen LogP contribution is 2.24. The number of halogens is 2. The fourth-order valence-corrected chi connectivity index (χ4v) is 4.77. The van der Waals surface area contributed by atoms with Crippen molar-refractivity contribution in [3.05, 3.63) is 130 Å². The Kier molecular flexibility index (Phi) is 9.95. The largest absolute Gasteiger partial charge is 0.325 e. The zero-order valence-electron chi connectivity index (χ0n) is 22.3. The standard InChI is InChI=1S/C32H27ClFN3O3S/c1-20-11-16-28(21(2)17-20)36-30(38)19-41-24-14-12-23(13-15-24)35-32(40)29(18-25-26(33)9-6-10-27(25)34)37-31(39)22-7-4-3-5-8-22/h3-18H,19H2,1-2H3,(H,35,40)(H,36,38)(H,37,39)/b29-18-.